The molecule has 3 N–H and O–H groups in total. The molecule has 0 aliphatic rings. The zero-order chi connectivity index (χ0) is 6.62. The summed E-state index contributed by atoms with van der Waals surface area (Å²) in [5.41, 5.74) is 0. The predicted octanol–water partition coefficient (Wildman–Crippen LogP) is -1.72. The van der Waals surface area contributed by atoms with Crippen LogP contribution in [0, 0.1) is 0 Å². The number of hydrogen-bond acceptors (Lipinski definition) is 3. The van der Waals surface area contributed by atoms with Crippen molar-refractivity contribution in [2.45, 2.75) is 0 Å². The summed E-state index contributed by atoms with van der Waals surface area (Å²) in [6.07, 6.45) is 0. The van der Waals surface area contributed by atoms with Crippen LogP contribution in [0.2, 0.25) is 0 Å². The third-order valence-electron chi connectivity index (χ3n) is 1.02. The molecule has 0 amide bonds. The van der Waals surface area contributed by atoms with Crippen molar-refractivity contribution < 1.29 is 19.8 Å². The van der Waals surface area contributed by atoms with Gasteiger partial charge in [-0.05, 0) is 0 Å². The fourth-order valence-corrected chi connectivity index (χ4v) is 0.134. The lowest BCUT2D eigenvalue weighted by molar-refractivity contribution is -0.959. The van der Waals surface area contributed by atoms with Gasteiger partial charge in [0.2, 0.25) is 0 Å². The minimum atomic E-state index is -0.243. The van der Waals surface area contributed by atoms with E-state index in [1.165, 1.54) is 0 Å². The fraction of sp³-hybridized carbons (Fsp3) is 1.00. The maximum Gasteiger partial charge on any atom is 0.183 e. The van der Waals surface area contributed by atoms with Gasteiger partial charge in [-0.3, -0.25) is 4.48 Å². The zero-order valence-electron chi connectivity index (χ0n) is 4.91. The van der Waals surface area contributed by atoms with Crippen LogP contribution in [0.5, 0.6) is 0 Å². The molecule has 0 saturated carbocycles. The molecule has 0 fully saturated rings. The molecule has 0 aromatic carbocycles. The van der Waals surface area contributed by atoms with Crippen molar-refractivity contribution in [3.05, 3.63) is 0 Å². The van der Waals surface area contributed by atoms with Crippen LogP contribution in [0.3, 0.4) is 0 Å². The molecule has 4 heteroatoms. The average Bonchev–Trinajstić information content (AvgIpc) is 1.87. The van der Waals surface area contributed by atoms with Crippen molar-refractivity contribution in [1.29, 1.82) is 0 Å². The Bertz CT molecular complexity index is 54.0. The maximum absolute atomic E-state index is 8.44. The monoisotopic (exact) mass is 122 g/mol. The van der Waals surface area contributed by atoms with Gasteiger partial charge < -0.3 is 15.3 Å². The third-order valence-corrected chi connectivity index (χ3v) is 1.02. The molecule has 0 aliphatic heterocycles. The van der Waals surface area contributed by atoms with Crippen LogP contribution in [-0.4, -0.2) is 47.0 Å². The van der Waals surface area contributed by atoms with E-state index in [0.29, 0.717) is 0 Å². The molecule has 0 unspecified atom stereocenters. The summed E-state index contributed by atoms with van der Waals surface area (Å²) in [4.78, 5) is 0. The van der Waals surface area contributed by atoms with Crippen LogP contribution in [0.1, 0.15) is 0 Å². The van der Waals surface area contributed by atoms with Crippen molar-refractivity contribution in [2.75, 3.05) is 27.2 Å². The quantitative estimate of drug-likeness (QED) is 0.308. The highest BCUT2D eigenvalue weighted by atomic mass is 16.3. The molecule has 8 heavy (non-hydrogen) atoms. The maximum atomic E-state index is 8.44. The Labute approximate surface area is 48.2 Å². The Balaban J connectivity index is 3.58. The van der Waals surface area contributed by atoms with Crippen molar-refractivity contribution >= 4 is 0 Å². The van der Waals surface area contributed by atoms with E-state index in [4.69, 9.17) is 15.3 Å². The summed E-state index contributed by atoms with van der Waals surface area (Å²) in [6, 6.07) is 0. The molecule has 0 aromatic rings. The summed E-state index contributed by atoms with van der Waals surface area (Å²) >= 11 is 0. The van der Waals surface area contributed by atoms with Crippen molar-refractivity contribution in [3.8, 4) is 0 Å². The SMILES string of the molecule is C[N+](CO)(CO)CO. The molecule has 0 aromatic heterocycles. The first-order valence-electron chi connectivity index (χ1n) is 2.34. The Morgan fingerprint density at radius 2 is 1.25 bits per heavy atom. The molecular formula is C4H12NO3+. The van der Waals surface area contributed by atoms with Crippen molar-refractivity contribution in [2.24, 2.45) is 0 Å². The second-order valence-corrected chi connectivity index (χ2v) is 2.04. The average molecular weight is 122 g/mol. The number of nitrogens with zero attached hydrogens (tertiary/aromatic N) is 1. The van der Waals surface area contributed by atoms with Gasteiger partial charge in [0.15, 0.2) is 20.2 Å². The predicted molar refractivity (Wildman–Crippen MR) is 27.4 cm³/mol. The van der Waals surface area contributed by atoms with E-state index in [-0.39, 0.29) is 24.7 Å². The van der Waals surface area contributed by atoms with E-state index in [1.807, 2.05) is 0 Å². The first kappa shape index (κ1) is 7.84. The lowest BCUT2D eigenvalue weighted by Gasteiger charge is -2.25. The van der Waals surface area contributed by atoms with Gasteiger partial charge in [0.1, 0.15) is 0 Å². The molecule has 0 heterocycles. The summed E-state index contributed by atoms with van der Waals surface area (Å²) in [5.74, 6) is 0. The summed E-state index contributed by atoms with van der Waals surface area (Å²) in [6.45, 7) is -0.729. The van der Waals surface area contributed by atoms with Crippen LogP contribution in [-0.2, 0) is 0 Å². The van der Waals surface area contributed by atoms with E-state index in [2.05, 4.69) is 0 Å². The Morgan fingerprint density at radius 3 is 1.25 bits per heavy atom. The zero-order valence-corrected chi connectivity index (χ0v) is 4.91. The third kappa shape index (κ3) is 1.75. The minimum Gasteiger partial charge on any atom is -0.347 e. The molecule has 0 rings (SSSR count). The number of aliphatic hydroxyl groups excluding tert-OH is 3. The Morgan fingerprint density at radius 1 is 1.00 bits per heavy atom. The van der Waals surface area contributed by atoms with Crippen LogP contribution in [0.4, 0.5) is 0 Å². The van der Waals surface area contributed by atoms with Crippen LogP contribution in [0.25, 0.3) is 0 Å². The fourth-order valence-electron chi connectivity index (χ4n) is 0.134. The molecule has 50 valence electrons. The molecule has 0 spiro atoms. The lowest BCUT2D eigenvalue weighted by atomic mass is 10.7. The Kier molecular flexibility index (Phi) is 2.93. The van der Waals surface area contributed by atoms with E-state index < -0.39 is 0 Å². The number of aliphatic hydroxyl groups is 3. The largest absolute Gasteiger partial charge is 0.347 e. The summed E-state index contributed by atoms with van der Waals surface area (Å²) in [7, 11) is 1.54. The van der Waals surface area contributed by atoms with Gasteiger partial charge in [0.25, 0.3) is 0 Å². The lowest BCUT2D eigenvalue weighted by Crippen LogP contribution is -2.46. The number of hydrogen-bond donors (Lipinski definition) is 3. The number of quaternary nitrogens is 1. The summed E-state index contributed by atoms with van der Waals surface area (Å²) < 4.78 is -0.125. The molecule has 4 nitrogen and oxygen atoms in total. The first-order chi connectivity index (χ1) is 3.68. The summed E-state index contributed by atoms with van der Waals surface area (Å²) in [5, 5.41) is 25.3. The smallest absolute Gasteiger partial charge is 0.183 e. The van der Waals surface area contributed by atoms with E-state index >= 15 is 0 Å². The molecule has 0 bridgehead atoms. The Hall–Kier alpha value is -0.160. The highest BCUT2D eigenvalue weighted by Crippen LogP contribution is 1.93. The second kappa shape index (κ2) is 2.99. The van der Waals surface area contributed by atoms with Gasteiger partial charge in [0.05, 0.1) is 7.05 Å². The van der Waals surface area contributed by atoms with Gasteiger partial charge in [-0.15, -0.1) is 0 Å². The van der Waals surface area contributed by atoms with Gasteiger partial charge in [-0.25, -0.2) is 0 Å². The molecular weight excluding hydrogens is 110 g/mol. The second-order valence-electron chi connectivity index (χ2n) is 2.04. The minimum absolute atomic E-state index is 0.125. The topological polar surface area (TPSA) is 60.7 Å². The molecule has 0 aliphatic carbocycles. The number of rotatable bonds is 3. The van der Waals surface area contributed by atoms with Crippen molar-refractivity contribution in [1.82, 2.24) is 0 Å². The standard InChI is InChI=1S/C4H12NO3/c1-5(2-6,3-7)4-8/h6-8H,2-4H2,1H3/q+1. The highest BCUT2D eigenvalue weighted by molar-refractivity contribution is 4.06. The highest BCUT2D eigenvalue weighted by Gasteiger charge is 2.15. The van der Waals surface area contributed by atoms with Crippen LogP contribution >= 0.6 is 0 Å². The first-order valence-corrected chi connectivity index (χ1v) is 2.34. The van der Waals surface area contributed by atoms with E-state index in [0.717, 1.165) is 0 Å². The van der Waals surface area contributed by atoms with Crippen LogP contribution < -0.4 is 0 Å². The van der Waals surface area contributed by atoms with Crippen molar-refractivity contribution in [3.63, 3.8) is 0 Å². The van der Waals surface area contributed by atoms with Gasteiger partial charge >= 0.3 is 0 Å². The van der Waals surface area contributed by atoms with E-state index in [9.17, 15) is 0 Å². The normalized spacial score (nSPS) is 12.0. The van der Waals surface area contributed by atoms with Gasteiger partial charge in [-0.2, -0.15) is 0 Å². The van der Waals surface area contributed by atoms with E-state index in [1.54, 1.807) is 7.05 Å². The van der Waals surface area contributed by atoms with Gasteiger partial charge in [-0.1, -0.05) is 0 Å². The van der Waals surface area contributed by atoms with Gasteiger partial charge in [0, 0.05) is 0 Å². The molecule has 0 radical (unpaired) electrons. The molecule has 0 atom stereocenters. The molecule has 0 saturated heterocycles. The van der Waals surface area contributed by atoms with Crippen LogP contribution in [0.15, 0.2) is 0 Å².